The summed E-state index contributed by atoms with van der Waals surface area (Å²) >= 11 is 1.24. The summed E-state index contributed by atoms with van der Waals surface area (Å²) in [7, 11) is 1.45. The molecule has 0 radical (unpaired) electrons. The molecule has 0 atom stereocenters. The summed E-state index contributed by atoms with van der Waals surface area (Å²) in [6.45, 7) is 0. The van der Waals surface area contributed by atoms with Gasteiger partial charge in [-0.15, -0.1) is 10.2 Å². The first-order valence-electron chi connectivity index (χ1n) is 7.14. The third kappa shape index (κ3) is 3.46. The lowest BCUT2D eigenvalue weighted by atomic mass is 10.1. The van der Waals surface area contributed by atoms with E-state index >= 15 is 0 Å². The van der Waals surface area contributed by atoms with Crippen LogP contribution < -0.4 is 4.74 Å². The van der Waals surface area contributed by atoms with Crippen molar-refractivity contribution in [1.29, 1.82) is 0 Å². The van der Waals surface area contributed by atoms with E-state index < -0.39 is 5.82 Å². The van der Waals surface area contributed by atoms with E-state index in [2.05, 4.69) is 10.2 Å². The molecular formula is C17H14FN3O2S. The number of hydrogen-bond donors (Lipinski definition) is 0. The van der Waals surface area contributed by atoms with Crippen molar-refractivity contribution in [2.45, 2.75) is 5.16 Å². The number of aromatic nitrogens is 3. The summed E-state index contributed by atoms with van der Waals surface area (Å²) in [4.78, 5) is 12.4. The lowest BCUT2D eigenvalue weighted by molar-refractivity contribution is 0.101. The lowest BCUT2D eigenvalue weighted by Gasteiger charge is -2.08. The van der Waals surface area contributed by atoms with Crippen molar-refractivity contribution >= 4 is 17.5 Å². The molecule has 3 rings (SSSR count). The van der Waals surface area contributed by atoms with Crippen LogP contribution in [0.15, 0.2) is 60.0 Å². The maximum Gasteiger partial charge on any atom is 0.196 e. The molecule has 0 aliphatic heterocycles. The van der Waals surface area contributed by atoms with E-state index in [4.69, 9.17) is 4.74 Å². The predicted octanol–water partition coefficient (Wildman–Crippen LogP) is 3.39. The number of nitrogens with zero attached hydrogens (tertiary/aromatic N) is 3. The van der Waals surface area contributed by atoms with Crippen LogP contribution in [-0.4, -0.2) is 33.4 Å². The van der Waals surface area contributed by atoms with Crippen LogP contribution in [0.3, 0.4) is 0 Å². The molecule has 0 N–H and O–H groups in total. The summed E-state index contributed by atoms with van der Waals surface area (Å²) in [6, 6.07) is 13.5. The highest BCUT2D eigenvalue weighted by molar-refractivity contribution is 7.99. The first kappa shape index (κ1) is 16.2. The first-order valence-corrected chi connectivity index (χ1v) is 8.12. The monoisotopic (exact) mass is 343 g/mol. The Bertz CT molecular complexity index is 852. The number of carbonyl (C=O) groups excluding carboxylic acids is 1. The molecule has 0 fully saturated rings. The summed E-state index contributed by atoms with van der Waals surface area (Å²) in [5, 5.41) is 8.52. The number of para-hydroxylation sites is 1. The average Bonchev–Trinajstić information content (AvgIpc) is 3.09. The minimum Gasteiger partial charge on any atom is -0.496 e. The Morgan fingerprint density at radius 3 is 2.79 bits per heavy atom. The topological polar surface area (TPSA) is 57.0 Å². The van der Waals surface area contributed by atoms with E-state index in [-0.39, 0.29) is 17.1 Å². The Balaban J connectivity index is 1.77. The molecule has 0 aliphatic carbocycles. The number of rotatable bonds is 6. The first-order chi connectivity index (χ1) is 11.7. The molecule has 3 aromatic rings. The fourth-order valence-corrected chi connectivity index (χ4v) is 3.01. The molecule has 5 nitrogen and oxygen atoms in total. The van der Waals surface area contributed by atoms with Crippen molar-refractivity contribution in [3.63, 3.8) is 0 Å². The van der Waals surface area contributed by atoms with Crippen LogP contribution in [0.4, 0.5) is 4.39 Å². The Kier molecular flexibility index (Phi) is 4.90. The summed E-state index contributed by atoms with van der Waals surface area (Å²) in [5.74, 6) is -0.257. The van der Waals surface area contributed by atoms with Crippen LogP contribution in [0.1, 0.15) is 10.4 Å². The van der Waals surface area contributed by atoms with Crippen LogP contribution in [0.2, 0.25) is 0 Å². The third-order valence-electron chi connectivity index (χ3n) is 3.35. The molecule has 7 heteroatoms. The number of methoxy groups -OCH3 is 1. The SMILES string of the molecule is COc1ccc(F)cc1C(=O)CSc1nncn1-c1ccccc1. The number of carbonyl (C=O) groups is 1. The molecule has 2 aromatic carbocycles. The molecule has 1 heterocycles. The Morgan fingerprint density at radius 1 is 1.25 bits per heavy atom. The molecule has 1 aromatic heterocycles. The third-order valence-corrected chi connectivity index (χ3v) is 4.29. The van der Waals surface area contributed by atoms with Gasteiger partial charge in [-0.25, -0.2) is 4.39 Å². The minimum atomic E-state index is -0.475. The van der Waals surface area contributed by atoms with E-state index in [1.807, 2.05) is 30.3 Å². The van der Waals surface area contributed by atoms with Gasteiger partial charge in [-0.1, -0.05) is 30.0 Å². The molecule has 0 bridgehead atoms. The quantitative estimate of drug-likeness (QED) is 0.507. The highest BCUT2D eigenvalue weighted by Crippen LogP contribution is 2.24. The van der Waals surface area contributed by atoms with Crippen molar-refractivity contribution < 1.29 is 13.9 Å². The van der Waals surface area contributed by atoms with Crippen LogP contribution >= 0.6 is 11.8 Å². The molecule has 0 saturated carbocycles. The van der Waals surface area contributed by atoms with Gasteiger partial charge in [-0.3, -0.25) is 9.36 Å². The fraction of sp³-hybridized carbons (Fsp3) is 0.118. The fourth-order valence-electron chi connectivity index (χ4n) is 2.19. The highest BCUT2D eigenvalue weighted by atomic mass is 32.2. The number of Topliss-reactive ketones (excluding diaryl/α,β-unsaturated/α-hetero) is 1. The molecule has 0 unspecified atom stereocenters. The Labute approximate surface area is 142 Å². The average molecular weight is 343 g/mol. The number of halogens is 1. The van der Waals surface area contributed by atoms with Gasteiger partial charge in [0.1, 0.15) is 17.9 Å². The van der Waals surface area contributed by atoms with Gasteiger partial charge in [-0.2, -0.15) is 0 Å². The summed E-state index contributed by atoms with van der Waals surface area (Å²) in [6.07, 6.45) is 1.59. The van der Waals surface area contributed by atoms with Crippen LogP contribution in [0.5, 0.6) is 5.75 Å². The van der Waals surface area contributed by atoms with Gasteiger partial charge in [0.2, 0.25) is 0 Å². The second kappa shape index (κ2) is 7.27. The lowest BCUT2D eigenvalue weighted by Crippen LogP contribution is -2.06. The standard InChI is InChI=1S/C17H14FN3O2S/c1-23-16-8-7-12(18)9-14(16)15(22)10-24-17-20-19-11-21(17)13-5-3-2-4-6-13/h2-9,11H,10H2,1H3. The van der Waals surface area contributed by atoms with Gasteiger partial charge in [0.25, 0.3) is 0 Å². The summed E-state index contributed by atoms with van der Waals surface area (Å²) in [5.41, 5.74) is 1.12. The Hall–Kier alpha value is -2.67. The van der Waals surface area contributed by atoms with E-state index in [9.17, 15) is 9.18 Å². The van der Waals surface area contributed by atoms with E-state index in [0.717, 1.165) is 5.69 Å². The van der Waals surface area contributed by atoms with Crippen LogP contribution in [-0.2, 0) is 0 Å². The number of thioether (sulfide) groups is 1. The van der Waals surface area contributed by atoms with Gasteiger partial charge < -0.3 is 4.74 Å². The molecular weight excluding hydrogens is 329 g/mol. The van der Waals surface area contributed by atoms with Crippen LogP contribution in [0, 0.1) is 5.82 Å². The largest absolute Gasteiger partial charge is 0.496 e. The highest BCUT2D eigenvalue weighted by Gasteiger charge is 2.16. The number of ketones is 1. The van der Waals surface area contributed by atoms with Crippen LogP contribution in [0.25, 0.3) is 5.69 Å². The maximum atomic E-state index is 13.4. The number of ether oxygens (including phenoxy) is 1. The zero-order valence-corrected chi connectivity index (χ0v) is 13.7. The van der Waals surface area contributed by atoms with Crippen molar-refractivity contribution in [3.05, 3.63) is 66.2 Å². The van der Waals surface area contributed by atoms with Gasteiger partial charge in [-0.05, 0) is 30.3 Å². The molecule has 122 valence electrons. The normalized spacial score (nSPS) is 10.6. The predicted molar refractivity (Wildman–Crippen MR) is 89.4 cm³/mol. The van der Waals surface area contributed by atoms with Gasteiger partial charge in [0, 0.05) is 5.69 Å². The van der Waals surface area contributed by atoms with E-state index in [1.165, 1.54) is 37.1 Å². The summed E-state index contributed by atoms with van der Waals surface area (Å²) < 4.78 is 20.3. The molecule has 24 heavy (non-hydrogen) atoms. The maximum absolute atomic E-state index is 13.4. The number of hydrogen-bond acceptors (Lipinski definition) is 5. The smallest absolute Gasteiger partial charge is 0.196 e. The molecule has 0 amide bonds. The zero-order valence-electron chi connectivity index (χ0n) is 12.8. The number of benzene rings is 2. The van der Waals surface area contributed by atoms with Gasteiger partial charge >= 0.3 is 0 Å². The van der Waals surface area contributed by atoms with Crippen molar-refractivity contribution in [1.82, 2.24) is 14.8 Å². The van der Waals surface area contributed by atoms with Crippen molar-refractivity contribution in [2.24, 2.45) is 0 Å². The molecule has 0 spiro atoms. The van der Waals surface area contributed by atoms with E-state index in [1.54, 1.807) is 10.9 Å². The second-order valence-electron chi connectivity index (χ2n) is 4.88. The van der Waals surface area contributed by atoms with E-state index in [0.29, 0.717) is 10.9 Å². The molecule has 0 aliphatic rings. The van der Waals surface area contributed by atoms with Crippen molar-refractivity contribution in [2.75, 3.05) is 12.9 Å². The second-order valence-corrected chi connectivity index (χ2v) is 5.82. The zero-order chi connectivity index (χ0) is 16.9. The van der Waals surface area contributed by atoms with Gasteiger partial charge in [0.05, 0.1) is 18.4 Å². The molecule has 0 saturated heterocycles. The minimum absolute atomic E-state index is 0.103. The Morgan fingerprint density at radius 2 is 2.04 bits per heavy atom. The van der Waals surface area contributed by atoms with Gasteiger partial charge in [0.15, 0.2) is 10.9 Å². The van der Waals surface area contributed by atoms with Crippen molar-refractivity contribution in [3.8, 4) is 11.4 Å².